The Kier molecular flexibility index (Phi) is 4.93. The Hall–Kier alpha value is -0.520. The highest BCUT2D eigenvalue weighted by molar-refractivity contribution is 4.89. The lowest BCUT2D eigenvalue weighted by molar-refractivity contribution is 0.117. The van der Waals surface area contributed by atoms with Crippen LogP contribution in [0.2, 0.25) is 0 Å². The van der Waals surface area contributed by atoms with Crippen LogP contribution in [0.3, 0.4) is 0 Å². The predicted octanol–water partition coefficient (Wildman–Crippen LogP) is 0.711. The maximum absolute atomic E-state index is 9.09. The van der Waals surface area contributed by atoms with Crippen molar-refractivity contribution in [2.24, 2.45) is 0 Å². The van der Waals surface area contributed by atoms with Gasteiger partial charge in [0.05, 0.1) is 12.6 Å². The standard InChI is InChI=1S/C9H17NO/c1-5-6-10(8(2)3)7-9(4)11/h1,8-9,11H,6-7H2,2-4H3. The second-order valence-electron chi connectivity index (χ2n) is 3.08. The molecular formula is C9H17NO. The third kappa shape index (κ3) is 4.83. The van der Waals surface area contributed by atoms with E-state index in [1.54, 1.807) is 6.92 Å². The molecule has 0 amide bonds. The highest BCUT2D eigenvalue weighted by Crippen LogP contribution is 1.98. The molecule has 1 N–H and O–H groups in total. The number of rotatable bonds is 4. The molecule has 0 aliphatic rings. The molecule has 1 unspecified atom stereocenters. The first-order chi connectivity index (χ1) is 5.07. The number of terminal acetylenes is 1. The minimum Gasteiger partial charge on any atom is -0.392 e. The molecule has 1 atom stereocenters. The topological polar surface area (TPSA) is 23.5 Å². The molecule has 0 saturated heterocycles. The SMILES string of the molecule is C#CCN(CC(C)O)C(C)C. The van der Waals surface area contributed by atoms with Gasteiger partial charge < -0.3 is 5.11 Å². The first-order valence-corrected chi connectivity index (χ1v) is 3.93. The third-order valence-electron chi connectivity index (χ3n) is 1.52. The highest BCUT2D eigenvalue weighted by Gasteiger charge is 2.09. The Morgan fingerprint density at radius 2 is 2.00 bits per heavy atom. The summed E-state index contributed by atoms with van der Waals surface area (Å²) in [5.74, 6) is 2.57. The summed E-state index contributed by atoms with van der Waals surface area (Å²) in [5.41, 5.74) is 0. The van der Waals surface area contributed by atoms with Crippen LogP contribution in [0.4, 0.5) is 0 Å². The number of aliphatic hydroxyl groups excluding tert-OH is 1. The molecule has 11 heavy (non-hydrogen) atoms. The number of nitrogens with zero attached hydrogens (tertiary/aromatic N) is 1. The van der Waals surface area contributed by atoms with Crippen molar-refractivity contribution in [1.29, 1.82) is 0 Å². The van der Waals surface area contributed by atoms with Crippen molar-refractivity contribution in [3.05, 3.63) is 0 Å². The van der Waals surface area contributed by atoms with Crippen LogP contribution < -0.4 is 0 Å². The molecule has 2 nitrogen and oxygen atoms in total. The molecule has 64 valence electrons. The van der Waals surface area contributed by atoms with E-state index in [-0.39, 0.29) is 6.10 Å². The van der Waals surface area contributed by atoms with E-state index in [9.17, 15) is 0 Å². The Bertz CT molecular complexity index is 135. The predicted molar refractivity (Wildman–Crippen MR) is 47.2 cm³/mol. The summed E-state index contributed by atoms with van der Waals surface area (Å²) in [5, 5.41) is 9.09. The molecule has 0 aliphatic carbocycles. The van der Waals surface area contributed by atoms with Crippen molar-refractivity contribution in [3.8, 4) is 12.3 Å². The van der Waals surface area contributed by atoms with Gasteiger partial charge in [0.15, 0.2) is 0 Å². The van der Waals surface area contributed by atoms with Crippen LogP contribution in [0.5, 0.6) is 0 Å². The van der Waals surface area contributed by atoms with E-state index in [2.05, 4.69) is 24.7 Å². The van der Waals surface area contributed by atoms with Gasteiger partial charge >= 0.3 is 0 Å². The first-order valence-electron chi connectivity index (χ1n) is 3.93. The van der Waals surface area contributed by atoms with Gasteiger partial charge in [0, 0.05) is 12.6 Å². The van der Waals surface area contributed by atoms with Gasteiger partial charge in [0.1, 0.15) is 0 Å². The third-order valence-corrected chi connectivity index (χ3v) is 1.52. The van der Waals surface area contributed by atoms with Crippen LogP contribution in [0.25, 0.3) is 0 Å². The van der Waals surface area contributed by atoms with Crippen molar-refractivity contribution in [3.63, 3.8) is 0 Å². The summed E-state index contributed by atoms with van der Waals surface area (Å²) in [6.45, 7) is 7.18. The van der Waals surface area contributed by atoms with E-state index in [4.69, 9.17) is 11.5 Å². The van der Waals surface area contributed by atoms with Gasteiger partial charge in [-0.05, 0) is 20.8 Å². The molecule has 0 bridgehead atoms. The quantitative estimate of drug-likeness (QED) is 0.604. The Morgan fingerprint density at radius 1 is 1.45 bits per heavy atom. The second kappa shape index (κ2) is 5.17. The molecule has 0 aromatic heterocycles. The summed E-state index contributed by atoms with van der Waals surface area (Å²) >= 11 is 0. The number of hydrogen-bond donors (Lipinski definition) is 1. The van der Waals surface area contributed by atoms with Crippen molar-refractivity contribution >= 4 is 0 Å². The monoisotopic (exact) mass is 155 g/mol. The molecule has 2 heteroatoms. The lowest BCUT2D eigenvalue weighted by Crippen LogP contribution is -2.36. The summed E-state index contributed by atoms with van der Waals surface area (Å²) in [6, 6.07) is 0.403. The molecule has 0 aromatic rings. The van der Waals surface area contributed by atoms with Crippen molar-refractivity contribution in [1.82, 2.24) is 4.90 Å². The maximum atomic E-state index is 9.09. The van der Waals surface area contributed by atoms with E-state index < -0.39 is 0 Å². The minimum absolute atomic E-state index is 0.300. The molecule has 0 rings (SSSR count). The average Bonchev–Trinajstić information content (AvgIpc) is 1.86. The van der Waals surface area contributed by atoms with Crippen LogP contribution in [0.15, 0.2) is 0 Å². The van der Waals surface area contributed by atoms with Crippen LogP contribution in [0, 0.1) is 12.3 Å². The van der Waals surface area contributed by atoms with Crippen LogP contribution in [-0.2, 0) is 0 Å². The van der Waals surface area contributed by atoms with E-state index in [1.807, 2.05) is 0 Å². The van der Waals surface area contributed by atoms with Crippen molar-refractivity contribution < 1.29 is 5.11 Å². The van der Waals surface area contributed by atoms with Gasteiger partial charge in [-0.25, -0.2) is 0 Å². The first kappa shape index (κ1) is 10.5. The Balaban J connectivity index is 3.81. The second-order valence-corrected chi connectivity index (χ2v) is 3.08. The smallest absolute Gasteiger partial charge is 0.0639 e. The molecule has 0 heterocycles. The number of hydrogen-bond acceptors (Lipinski definition) is 2. The van der Waals surface area contributed by atoms with E-state index in [1.165, 1.54) is 0 Å². The lowest BCUT2D eigenvalue weighted by Gasteiger charge is -2.25. The summed E-state index contributed by atoms with van der Waals surface area (Å²) in [7, 11) is 0. The fraction of sp³-hybridized carbons (Fsp3) is 0.778. The zero-order chi connectivity index (χ0) is 8.85. The fourth-order valence-electron chi connectivity index (χ4n) is 0.915. The zero-order valence-corrected chi connectivity index (χ0v) is 7.54. The van der Waals surface area contributed by atoms with Crippen LogP contribution in [0.1, 0.15) is 20.8 Å². The molecule has 0 spiro atoms. The molecule has 0 saturated carbocycles. The molecule has 0 fully saturated rings. The Morgan fingerprint density at radius 3 is 2.27 bits per heavy atom. The van der Waals surface area contributed by atoms with Crippen molar-refractivity contribution in [2.45, 2.75) is 32.9 Å². The maximum Gasteiger partial charge on any atom is 0.0639 e. The summed E-state index contributed by atoms with van der Waals surface area (Å²) in [6.07, 6.45) is 4.87. The average molecular weight is 155 g/mol. The normalized spacial score (nSPS) is 13.5. The molecule has 0 aliphatic heterocycles. The fourth-order valence-corrected chi connectivity index (χ4v) is 0.915. The molecular weight excluding hydrogens is 138 g/mol. The van der Waals surface area contributed by atoms with Gasteiger partial charge in [-0.3, -0.25) is 4.90 Å². The Labute approximate surface area is 69.2 Å². The molecule has 0 radical (unpaired) electrons. The number of aliphatic hydroxyl groups is 1. The van der Waals surface area contributed by atoms with E-state index in [0.29, 0.717) is 19.1 Å². The van der Waals surface area contributed by atoms with Gasteiger partial charge in [0.2, 0.25) is 0 Å². The van der Waals surface area contributed by atoms with Crippen molar-refractivity contribution in [2.75, 3.05) is 13.1 Å². The minimum atomic E-state index is -0.300. The van der Waals surface area contributed by atoms with Gasteiger partial charge in [-0.1, -0.05) is 5.92 Å². The van der Waals surface area contributed by atoms with Gasteiger partial charge in [-0.15, -0.1) is 6.42 Å². The van der Waals surface area contributed by atoms with Crippen LogP contribution >= 0.6 is 0 Å². The van der Waals surface area contributed by atoms with Gasteiger partial charge in [-0.2, -0.15) is 0 Å². The highest BCUT2D eigenvalue weighted by atomic mass is 16.3. The molecule has 0 aromatic carbocycles. The van der Waals surface area contributed by atoms with E-state index in [0.717, 1.165) is 0 Å². The largest absolute Gasteiger partial charge is 0.392 e. The zero-order valence-electron chi connectivity index (χ0n) is 7.54. The summed E-state index contributed by atoms with van der Waals surface area (Å²) < 4.78 is 0. The summed E-state index contributed by atoms with van der Waals surface area (Å²) in [4.78, 5) is 2.06. The van der Waals surface area contributed by atoms with Gasteiger partial charge in [0.25, 0.3) is 0 Å². The van der Waals surface area contributed by atoms with Crippen LogP contribution in [-0.4, -0.2) is 35.2 Å². The van der Waals surface area contributed by atoms with E-state index >= 15 is 0 Å². The lowest BCUT2D eigenvalue weighted by atomic mass is 10.2.